The second-order valence-electron chi connectivity index (χ2n) is 6.22. The average Bonchev–Trinajstić information content (AvgIpc) is 2.73. The number of rotatable bonds is 0. The molecule has 0 radical (unpaired) electrons. The van der Waals surface area contributed by atoms with Crippen LogP contribution >= 0.6 is 11.6 Å². The highest BCUT2D eigenvalue weighted by Crippen LogP contribution is 2.40. The smallest absolute Gasteiger partial charge is 0.138 e. The summed E-state index contributed by atoms with van der Waals surface area (Å²) in [5.74, 6) is 1.00. The number of aromatic hydroxyl groups is 1. The van der Waals surface area contributed by atoms with Crippen molar-refractivity contribution in [1.29, 1.82) is 0 Å². The van der Waals surface area contributed by atoms with Crippen molar-refractivity contribution in [2.45, 2.75) is 0 Å². The van der Waals surface area contributed by atoms with Gasteiger partial charge in [-0.1, -0.05) is 23.7 Å². The van der Waals surface area contributed by atoms with E-state index in [1.165, 1.54) is 0 Å². The highest BCUT2D eigenvalue weighted by atomic mass is 35.5. The molecule has 2 aliphatic rings. The molecule has 2 heterocycles. The van der Waals surface area contributed by atoms with E-state index in [4.69, 9.17) is 16.6 Å². The first kappa shape index (κ1) is 15.3. The SMILES string of the molecule is CN1CCN(C2=Nc3cc(Cl)c(O)cc3Nc3ccccc32)CC1. The molecular formula is C18H19ClN4O. The van der Waals surface area contributed by atoms with Crippen LogP contribution in [0.1, 0.15) is 5.56 Å². The molecule has 6 heteroatoms. The summed E-state index contributed by atoms with van der Waals surface area (Å²) in [4.78, 5) is 9.53. The van der Waals surface area contributed by atoms with Crippen molar-refractivity contribution in [3.63, 3.8) is 0 Å². The highest BCUT2D eigenvalue weighted by Gasteiger charge is 2.24. The minimum absolute atomic E-state index is 0.0543. The Morgan fingerprint density at radius 2 is 1.83 bits per heavy atom. The minimum atomic E-state index is 0.0543. The number of hydrogen-bond acceptors (Lipinski definition) is 5. The van der Waals surface area contributed by atoms with E-state index in [2.05, 4.69) is 28.2 Å². The standard InChI is InChI=1S/C18H19ClN4O/c1-22-6-8-23(9-7-22)18-12-4-2-3-5-14(12)20-16-11-17(24)13(19)10-15(16)21-18/h2-5,10-11,20,24H,6-9H2,1H3. The van der Waals surface area contributed by atoms with Crippen molar-refractivity contribution in [3.05, 3.63) is 47.0 Å². The summed E-state index contributed by atoms with van der Waals surface area (Å²) in [5, 5.41) is 13.6. The number of fused-ring (bicyclic) bond motifs is 2. The maximum Gasteiger partial charge on any atom is 0.138 e. The molecule has 1 saturated heterocycles. The number of para-hydroxylation sites is 1. The Balaban J connectivity index is 1.85. The number of hydrogen-bond donors (Lipinski definition) is 2. The second-order valence-corrected chi connectivity index (χ2v) is 6.62. The lowest BCUT2D eigenvalue weighted by Crippen LogP contribution is -2.47. The van der Waals surface area contributed by atoms with Gasteiger partial charge in [0, 0.05) is 43.5 Å². The molecule has 0 amide bonds. The van der Waals surface area contributed by atoms with Crippen molar-refractivity contribution < 1.29 is 5.11 Å². The molecule has 2 aromatic carbocycles. The molecule has 5 nitrogen and oxygen atoms in total. The average molecular weight is 343 g/mol. The van der Waals surface area contributed by atoms with Gasteiger partial charge in [0.25, 0.3) is 0 Å². The van der Waals surface area contributed by atoms with Crippen LogP contribution in [0.25, 0.3) is 0 Å². The number of aliphatic imine (C=N–C) groups is 1. The molecule has 4 rings (SSSR count). The number of nitrogens with zero attached hydrogens (tertiary/aromatic N) is 3. The van der Waals surface area contributed by atoms with Gasteiger partial charge in [0.05, 0.1) is 16.4 Å². The maximum absolute atomic E-state index is 9.92. The van der Waals surface area contributed by atoms with Crippen LogP contribution in [0.3, 0.4) is 0 Å². The van der Waals surface area contributed by atoms with Crippen LogP contribution in [0.4, 0.5) is 17.1 Å². The Morgan fingerprint density at radius 1 is 1.08 bits per heavy atom. The molecule has 2 N–H and O–H groups in total. The van der Waals surface area contributed by atoms with Gasteiger partial charge in [-0.25, -0.2) is 4.99 Å². The molecule has 0 spiro atoms. The largest absolute Gasteiger partial charge is 0.506 e. The summed E-state index contributed by atoms with van der Waals surface area (Å²) < 4.78 is 0. The number of nitrogens with one attached hydrogen (secondary N) is 1. The normalized spacial score (nSPS) is 17.4. The van der Waals surface area contributed by atoms with Gasteiger partial charge >= 0.3 is 0 Å². The van der Waals surface area contributed by atoms with E-state index >= 15 is 0 Å². The van der Waals surface area contributed by atoms with E-state index in [0.717, 1.165) is 54.6 Å². The Morgan fingerprint density at radius 3 is 2.62 bits per heavy atom. The molecule has 24 heavy (non-hydrogen) atoms. The number of piperazine rings is 1. The summed E-state index contributed by atoms with van der Waals surface area (Å²) in [5.41, 5.74) is 3.54. The molecule has 0 atom stereocenters. The van der Waals surface area contributed by atoms with Crippen molar-refractivity contribution in [3.8, 4) is 5.75 Å². The molecule has 0 aliphatic carbocycles. The van der Waals surface area contributed by atoms with Crippen molar-refractivity contribution in [2.24, 2.45) is 4.99 Å². The first-order valence-electron chi connectivity index (χ1n) is 8.03. The molecular weight excluding hydrogens is 324 g/mol. The molecule has 1 fully saturated rings. The van der Waals surface area contributed by atoms with E-state index in [-0.39, 0.29) is 5.75 Å². The fourth-order valence-corrected chi connectivity index (χ4v) is 3.27. The van der Waals surface area contributed by atoms with Crippen molar-refractivity contribution in [2.75, 3.05) is 38.5 Å². The fraction of sp³-hybridized carbons (Fsp3) is 0.278. The minimum Gasteiger partial charge on any atom is -0.506 e. The third kappa shape index (κ3) is 2.70. The molecule has 0 aromatic heterocycles. The zero-order valence-electron chi connectivity index (χ0n) is 13.5. The number of likely N-dealkylation sites (N-methyl/N-ethyl adjacent to an activating group) is 1. The van der Waals surface area contributed by atoms with Crippen molar-refractivity contribution in [1.82, 2.24) is 9.80 Å². The summed E-state index contributed by atoms with van der Waals surface area (Å²) in [7, 11) is 2.14. The number of halogens is 1. The van der Waals surface area contributed by atoms with Gasteiger partial charge in [-0.2, -0.15) is 0 Å². The lowest BCUT2D eigenvalue weighted by molar-refractivity contribution is 0.216. The van der Waals surface area contributed by atoms with Crippen molar-refractivity contribution >= 4 is 34.5 Å². The quantitative estimate of drug-likeness (QED) is 0.770. The molecule has 0 saturated carbocycles. The predicted molar refractivity (Wildman–Crippen MR) is 98.1 cm³/mol. The molecule has 2 aliphatic heterocycles. The Hall–Kier alpha value is -2.24. The summed E-state index contributed by atoms with van der Waals surface area (Å²) in [6, 6.07) is 11.5. The molecule has 124 valence electrons. The van der Waals surface area contributed by atoms with Gasteiger partial charge < -0.3 is 20.2 Å². The Labute approximate surface area is 146 Å². The predicted octanol–water partition coefficient (Wildman–Crippen LogP) is 3.43. The third-order valence-corrected chi connectivity index (χ3v) is 4.83. The first-order valence-corrected chi connectivity index (χ1v) is 8.41. The molecule has 0 bridgehead atoms. The van der Waals surface area contributed by atoms with Crippen LogP contribution < -0.4 is 5.32 Å². The third-order valence-electron chi connectivity index (χ3n) is 4.53. The number of benzene rings is 2. The van der Waals surface area contributed by atoms with Gasteiger partial charge in [0.1, 0.15) is 11.6 Å². The van der Waals surface area contributed by atoms with E-state index in [0.29, 0.717) is 5.02 Å². The Kier molecular flexibility index (Phi) is 3.82. The van der Waals surface area contributed by atoms with E-state index in [9.17, 15) is 5.11 Å². The zero-order chi connectivity index (χ0) is 16.7. The molecule has 0 unspecified atom stereocenters. The monoisotopic (exact) mass is 342 g/mol. The van der Waals surface area contributed by atoms with Crippen LogP contribution in [0.15, 0.2) is 41.4 Å². The topological polar surface area (TPSA) is 51.1 Å². The summed E-state index contributed by atoms with van der Waals surface area (Å²) in [6.07, 6.45) is 0. The zero-order valence-corrected chi connectivity index (χ0v) is 14.2. The maximum atomic E-state index is 9.92. The van der Waals surface area contributed by atoms with E-state index in [1.54, 1.807) is 12.1 Å². The van der Waals surface area contributed by atoms with Crippen LogP contribution in [-0.2, 0) is 0 Å². The molecule has 2 aromatic rings. The number of amidine groups is 1. The number of anilines is 2. The Bertz CT molecular complexity index is 813. The van der Waals surface area contributed by atoms with E-state index < -0.39 is 0 Å². The fourth-order valence-electron chi connectivity index (χ4n) is 3.11. The van der Waals surface area contributed by atoms with Crippen LogP contribution in [0, 0.1) is 0 Å². The number of phenols is 1. The lowest BCUT2D eigenvalue weighted by Gasteiger charge is -2.34. The van der Waals surface area contributed by atoms with Crippen LogP contribution in [-0.4, -0.2) is 54.0 Å². The summed E-state index contributed by atoms with van der Waals surface area (Å²) >= 11 is 6.10. The van der Waals surface area contributed by atoms with Gasteiger partial charge in [-0.15, -0.1) is 0 Å². The van der Waals surface area contributed by atoms with Gasteiger partial charge in [0.15, 0.2) is 0 Å². The van der Waals surface area contributed by atoms with Gasteiger partial charge in [-0.3, -0.25) is 0 Å². The number of phenolic OH excluding ortho intramolecular Hbond substituents is 1. The van der Waals surface area contributed by atoms with Crippen LogP contribution in [0.2, 0.25) is 5.02 Å². The lowest BCUT2D eigenvalue weighted by atomic mass is 10.1. The second kappa shape index (κ2) is 6.00. The summed E-state index contributed by atoms with van der Waals surface area (Å²) in [6.45, 7) is 3.89. The highest BCUT2D eigenvalue weighted by molar-refractivity contribution is 6.32. The first-order chi connectivity index (χ1) is 11.6. The van der Waals surface area contributed by atoms with E-state index in [1.807, 2.05) is 18.2 Å². The van der Waals surface area contributed by atoms with Crippen LogP contribution in [0.5, 0.6) is 5.75 Å². The van der Waals surface area contributed by atoms with Gasteiger partial charge in [-0.05, 0) is 25.2 Å². The van der Waals surface area contributed by atoms with Gasteiger partial charge in [0.2, 0.25) is 0 Å².